The van der Waals surface area contributed by atoms with Gasteiger partial charge in [-0.1, -0.05) is 18.2 Å². The minimum atomic E-state index is -0.426. The van der Waals surface area contributed by atoms with Crippen LogP contribution in [0, 0.1) is 0 Å². The third-order valence-electron chi connectivity index (χ3n) is 2.95. The molecule has 0 saturated heterocycles. The highest BCUT2D eigenvalue weighted by molar-refractivity contribution is 5.83. The van der Waals surface area contributed by atoms with Crippen molar-refractivity contribution in [2.45, 2.75) is 6.42 Å². The highest BCUT2D eigenvalue weighted by Gasteiger charge is 2.08. The lowest BCUT2D eigenvalue weighted by Gasteiger charge is -2.15. The summed E-state index contributed by atoms with van der Waals surface area (Å²) in [5.74, 6) is -0.246. The molecular formula is C13H16N2O2. The van der Waals surface area contributed by atoms with E-state index in [0.717, 1.165) is 11.9 Å². The van der Waals surface area contributed by atoms with Gasteiger partial charge in [0.1, 0.15) is 6.61 Å². The first-order valence-electron chi connectivity index (χ1n) is 5.62. The predicted molar refractivity (Wildman–Crippen MR) is 66.7 cm³/mol. The minimum absolute atomic E-state index is 0.246. The van der Waals surface area contributed by atoms with Gasteiger partial charge in [0.2, 0.25) is 5.91 Å². The molecule has 0 radical (unpaired) electrons. The Morgan fingerprint density at radius 2 is 2.18 bits per heavy atom. The van der Waals surface area contributed by atoms with Crippen LogP contribution in [0.2, 0.25) is 0 Å². The van der Waals surface area contributed by atoms with Crippen molar-refractivity contribution < 1.29 is 9.90 Å². The maximum Gasteiger partial charge on any atom is 0.248 e. The van der Waals surface area contributed by atoms with E-state index in [0.29, 0.717) is 6.54 Å². The third-order valence-corrected chi connectivity index (χ3v) is 2.95. The summed E-state index contributed by atoms with van der Waals surface area (Å²) in [5.41, 5.74) is 2.30. The minimum Gasteiger partial charge on any atom is -0.387 e. The molecule has 0 unspecified atom stereocenters. The SMILES string of the molecule is CN(CCc1c[nH]c2ccccc12)C(=O)CO. The fourth-order valence-corrected chi connectivity index (χ4v) is 1.87. The van der Waals surface area contributed by atoms with Gasteiger partial charge in [0.15, 0.2) is 0 Å². The number of likely N-dealkylation sites (N-methyl/N-ethyl adjacent to an activating group) is 1. The number of carbonyl (C=O) groups is 1. The van der Waals surface area contributed by atoms with E-state index in [1.54, 1.807) is 11.9 Å². The number of amides is 1. The number of benzene rings is 1. The van der Waals surface area contributed by atoms with Gasteiger partial charge in [-0.25, -0.2) is 0 Å². The number of H-pyrrole nitrogens is 1. The van der Waals surface area contributed by atoms with Crippen LogP contribution in [0.5, 0.6) is 0 Å². The molecule has 0 aliphatic heterocycles. The Kier molecular flexibility index (Phi) is 3.44. The number of rotatable bonds is 4. The first-order valence-corrected chi connectivity index (χ1v) is 5.62. The zero-order chi connectivity index (χ0) is 12.3. The van der Waals surface area contributed by atoms with Gasteiger partial charge < -0.3 is 15.0 Å². The zero-order valence-corrected chi connectivity index (χ0v) is 9.81. The molecule has 17 heavy (non-hydrogen) atoms. The molecule has 90 valence electrons. The van der Waals surface area contributed by atoms with Crippen LogP contribution in [0.15, 0.2) is 30.5 Å². The molecule has 1 heterocycles. The smallest absolute Gasteiger partial charge is 0.248 e. The van der Waals surface area contributed by atoms with Crippen LogP contribution < -0.4 is 0 Å². The summed E-state index contributed by atoms with van der Waals surface area (Å²) in [6, 6.07) is 8.09. The molecule has 0 spiro atoms. The highest BCUT2D eigenvalue weighted by atomic mass is 16.3. The number of carbonyl (C=O) groups excluding carboxylic acids is 1. The monoisotopic (exact) mass is 232 g/mol. The van der Waals surface area contributed by atoms with Crippen molar-refractivity contribution in [3.05, 3.63) is 36.0 Å². The largest absolute Gasteiger partial charge is 0.387 e. The van der Waals surface area contributed by atoms with E-state index in [2.05, 4.69) is 11.1 Å². The molecule has 4 heteroatoms. The Labute approximate surface area is 99.9 Å². The highest BCUT2D eigenvalue weighted by Crippen LogP contribution is 2.18. The predicted octanol–water partition coefficient (Wildman–Crippen LogP) is 1.16. The number of hydrogen-bond donors (Lipinski definition) is 2. The van der Waals surface area contributed by atoms with Gasteiger partial charge in [0.05, 0.1) is 0 Å². The maximum absolute atomic E-state index is 11.2. The lowest BCUT2D eigenvalue weighted by Crippen LogP contribution is -2.31. The van der Waals surface area contributed by atoms with Crippen molar-refractivity contribution in [3.8, 4) is 0 Å². The molecule has 1 amide bonds. The normalized spacial score (nSPS) is 10.7. The van der Waals surface area contributed by atoms with Crippen LogP contribution in [0.4, 0.5) is 0 Å². The van der Waals surface area contributed by atoms with Crippen LogP contribution in [0.3, 0.4) is 0 Å². The summed E-state index contributed by atoms with van der Waals surface area (Å²) in [6.45, 7) is 0.186. The number of nitrogens with one attached hydrogen (secondary N) is 1. The van der Waals surface area contributed by atoms with E-state index in [1.165, 1.54) is 10.9 Å². The van der Waals surface area contributed by atoms with Crippen molar-refractivity contribution >= 4 is 16.8 Å². The van der Waals surface area contributed by atoms with Crippen LogP contribution in [0.25, 0.3) is 10.9 Å². The molecule has 2 N–H and O–H groups in total. The van der Waals surface area contributed by atoms with Crippen molar-refractivity contribution in [1.82, 2.24) is 9.88 Å². The van der Waals surface area contributed by atoms with Crippen LogP contribution in [-0.2, 0) is 11.2 Å². The van der Waals surface area contributed by atoms with Gasteiger partial charge in [-0.05, 0) is 18.1 Å². The molecule has 0 bridgehead atoms. The van der Waals surface area contributed by atoms with Gasteiger partial charge >= 0.3 is 0 Å². The summed E-state index contributed by atoms with van der Waals surface area (Å²) < 4.78 is 0. The van der Waals surface area contributed by atoms with Crippen molar-refractivity contribution in [2.24, 2.45) is 0 Å². The Hall–Kier alpha value is -1.81. The van der Waals surface area contributed by atoms with E-state index in [-0.39, 0.29) is 5.91 Å². The number of aromatic amines is 1. The second kappa shape index (κ2) is 5.01. The van der Waals surface area contributed by atoms with Crippen molar-refractivity contribution in [1.29, 1.82) is 0 Å². The summed E-state index contributed by atoms with van der Waals surface area (Å²) in [6.07, 6.45) is 2.76. The molecule has 0 fully saturated rings. The Bertz CT molecular complexity index is 519. The van der Waals surface area contributed by atoms with Gasteiger partial charge in [0.25, 0.3) is 0 Å². The average molecular weight is 232 g/mol. The number of nitrogens with zero attached hydrogens (tertiary/aromatic N) is 1. The fraction of sp³-hybridized carbons (Fsp3) is 0.308. The lowest BCUT2D eigenvalue weighted by molar-refractivity contribution is -0.132. The van der Waals surface area contributed by atoms with E-state index < -0.39 is 6.61 Å². The van der Waals surface area contributed by atoms with E-state index in [1.807, 2.05) is 24.4 Å². The number of hydrogen-bond acceptors (Lipinski definition) is 2. The molecule has 0 aliphatic rings. The standard InChI is InChI=1S/C13H16N2O2/c1-15(13(17)9-16)7-6-10-8-14-12-5-3-2-4-11(10)12/h2-5,8,14,16H,6-7,9H2,1H3. The number of aromatic nitrogens is 1. The van der Waals surface area contributed by atoms with Crippen LogP contribution in [-0.4, -0.2) is 41.1 Å². The first kappa shape index (κ1) is 11.7. The second-order valence-electron chi connectivity index (χ2n) is 4.08. The van der Waals surface area contributed by atoms with E-state index in [9.17, 15) is 4.79 Å². The Morgan fingerprint density at radius 3 is 2.94 bits per heavy atom. The summed E-state index contributed by atoms with van der Waals surface area (Å²) >= 11 is 0. The molecule has 0 saturated carbocycles. The fourth-order valence-electron chi connectivity index (χ4n) is 1.87. The van der Waals surface area contributed by atoms with E-state index >= 15 is 0 Å². The molecule has 2 aromatic rings. The summed E-state index contributed by atoms with van der Waals surface area (Å²) in [4.78, 5) is 15.9. The molecule has 0 atom stereocenters. The number of fused-ring (bicyclic) bond motifs is 1. The number of aliphatic hydroxyl groups is 1. The molecule has 2 rings (SSSR count). The maximum atomic E-state index is 11.2. The van der Waals surface area contributed by atoms with E-state index in [4.69, 9.17) is 5.11 Å². The molecule has 1 aromatic heterocycles. The second-order valence-corrected chi connectivity index (χ2v) is 4.08. The first-order chi connectivity index (χ1) is 8.22. The zero-order valence-electron chi connectivity index (χ0n) is 9.81. The Morgan fingerprint density at radius 1 is 1.41 bits per heavy atom. The summed E-state index contributed by atoms with van der Waals surface area (Å²) in [5, 5.41) is 9.93. The topological polar surface area (TPSA) is 56.3 Å². The van der Waals surface area contributed by atoms with Crippen molar-refractivity contribution in [3.63, 3.8) is 0 Å². The summed E-state index contributed by atoms with van der Waals surface area (Å²) in [7, 11) is 1.70. The van der Waals surface area contributed by atoms with Gasteiger partial charge in [0, 0.05) is 30.7 Å². The number of para-hydroxylation sites is 1. The van der Waals surface area contributed by atoms with Gasteiger partial charge in [-0.15, -0.1) is 0 Å². The average Bonchev–Trinajstić information content (AvgIpc) is 2.78. The number of aliphatic hydroxyl groups excluding tert-OH is 1. The van der Waals surface area contributed by atoms with Crippen molar-refractivity contribution in [2.75, 3.05) is 20.2 Å². The third kappa shape index (κ3) is 2.47. The van der Waals surface area contributed by atoms with Crippen LogP contribution in [0.1, 0.15) is 5.56 Å². The lowest BCUT2D eigenvalue weighted by atomic mass is 10.1. The van der Waals surface area contributed by atoms with Gasteiger partial charge in [-0.3, -0.25) is 4.79 Å². The molecular weight excluding hydrogens is 216 g/mol. The molecule has 0 aliphatic carbocycles. The quantitative estimate of drug-likeness (QED) is 0.831. The van der Waals surface area contributed by atoms with Gasteiger partial charge in [-0.2, -0.15) is 0 Å². The van der Waals surface area contributed by atoms with Crippen LogP contribution >= 0.6 is 0 Å². The molecule has 4 nitrogen and oxygen atoms in total. The Balaban J connectivity index is 2.07. The molecule has 1 aromatic carbocycles.